The van der Waals surface area contributed by atoms with E-state index in [0.717, 1.165) is 11.7 Å². The molecule has 0 bridgehead atoms. The monoisotopic (exact) mass is 504 g/mol. The molecule has 0 atom stereocenters. The molecule has 2 nitrogen and oxygen atoms in total. The Hall–Kier alpha value is -2.29. The second-order valence-corrected chi connectivity index (χ2v) is 17.1. The van der Waals surface area contributed by atoms with E-state index in [1.54, 1.807) is 0 Å². The summed E-state index contributed by atoms with van der Waals surface area (Å²) in [4.78, 5) is 0. The van der Waals surface area contributed by atoms with E-state index in [1.807, 2.05) is 0 Å². The quantitative estimate of drug-likeness (QED) is 0.296. The van der Waals surface area contributed by atoms with Gasteiger partial charge in [-0.1, -0.05) is 0 Å². The van der Waals surface area contributed by atoms with E-state index in [4.69, 9.17) is 9.47 Å². The van der Waals surface area contributed by atoms with Crippen molar-refractivity contribution in [1.82, 2.24) is 0 Å². The Morgan fingerprint density at radius 3 is 1.41 bits per heavy atom. The molecule has 0 unspecified atom stereocenters. The van der Waals surface area contributed by atoms with Crippen LogP contribution in [0, 0.1) is 0 Å². The van der Waals surface area contributed by atoms with Gasteiger partial charge in [0, 0.05) is 0 Å². The van der Waals surface area contributed by atoms with Crippen molar-refractivity contribution in [3.63, 3.8) is 0 Å². The average molecular weight is 505 g/mol. The fraction of sp³-hybridized carbons (Fsp3) is 0.143. The first-order chi connectivity index (χ1) is 15.7. The van der Waals surface area contributed by atoms with Crippen molar-refractivity contribution in [2.75, 3.05) is 13.2 Å². The van der Waals surface area contributed by atoms with E-state index in [0.29, 0.717) is 13.2 Å². The third-order valence-corrected chi connectivity index (χ3v) is 15.8. The first-order valence-electron chi connectivity index (χ1n) is 10.9. The molecule has 4 heteroatoms. The zero-order valence-corrected chi connectivity index (χ0v) is 20.3. The maximum atomic E-state index is 5.68. The van der Waals surface area contributed by atoms with Crippen LogP contribution in [0.1, 0.15) is 17.4 Å². The fourth-order valence-corrected chi connectivity index (χ4v) is 12.3. The SMILES string of the molecule is BrP(Cc1ccc(C2OCCO2)cc1)(c1ccccc1)(c1ccccc1)c1ccccc1. The Bertz CT molecular complexity index is 1060. The molecule has 5 rings (SSSR count). The number of rotatable bonds is 6. The number of hydrogen-bond donors (Lipinski definition) is 0. The molecule has 0 saturated carbocycles. The van der Waals surface area contributed by atoms with Gasteiger partial charge < -0.3 is 0 Å². The van der Waals surface area contributed by atoms with Gasteiger partial charge in [-0.05, 0) is 0 Å². The van der Waals surface area contributed by atoms with Gasteiger partial charge in [-0.15, -0.1) is 0 Å². The fourth-order valence-electron chi connectivity index (χ4n) is 4.61. The molecular formula is C28H26BrO2P. The molecular weight excluding hydrogens is 479 g/mol. The van der Waals surface area contributed by atoms with Crippen LogP contribution in [-0.4, -0.2) is 13.2 Å². The molecule has 1 heterocycles. The molecule has 0 spiro atoms. The Morgan fingerprint density at radius 1 is 0.594 bits per heavy atom. The van der Waals surface area contributed by atoms with Crippen molar-refractivity contribution in [2.24, 2.45) is 0 Å². The van der Waals surface area contributed by atoms with Crippen LogP contribution in [0.3, 0.4) is 0 Å². The van der Waals surface area contributed by atoms with Crippen molar-refractivity contribution in [3.05, 3.63) is 126 Å². The van der Waals surface area contributed by atoms with Gasteiger partial charge in [0.15, 0.2) is 0 Å². The normalized spacial score (nSPS) is 15.8. The minimum absolute atomic E-state index is 0.249. The van der Waals surface area contributed by atoms with Crippen LogP contribution in [0.25, 0.3) is 0 Å². The minimum atomic E-state index is -2.98. The third kappa shape index (κ3) is 3.74. The van der Waals surface area contributed by atoms with Crippen LogP contribution in [0.2, 0.25) is 0 Å². The van der Waals surface area contributed by atoms with Crippen molar-refractivity contribution in [3.8, 4) is 0 Å². The van der Waals surface area contributed by atoms with Gasteiger partial charge in [0.1, 0.15) is 0 Å². The Labute approximate surface area is 197 Å². The Kier molecular flexibility index (Phi) is 6.01. The summed E-state index contributed by atoms with van der Waals surface area (Å²) in [5.74, 6) is 0. The number of halogens is 1. The van der Waals surface area contributed by atoms with Crippen LogP contribution < -0.4 is 15.9 Å². The summed E-state index contributed by atoms with van der Waals surface area (Å²) in [6, 6.07) is 41.4. The topological polar surface area (TPSA) is 18.5 Å². The number of ether oxygens (including phenoxy) is 2. The van der Waals surface area contributed by atoms with E-state index in [1.165, 1.54) is 21.5 Å². The standard InChI is InChI=1S/C28H26BrO2P/c29-32(25-10-4-1-5-11-25,26-12-6-2-7-13-26,27-14-8-3-9-15-27)22-23-16-18-24(19-17-23)28-30-20-21-31-28/h1-19,28H,20-22H2. The second-order valence-electron chi connectivity index (χ2n) is 8.16. The summed E-state index contributed by atoms with van der Waals surface area (Å²) in [7, 11) is 0. The first kappa shape index (κ1) is 21.6. The second kappa shape index (κ2) is 8.92. The molecule has 162 valence electrons. The van der Waals surface area contributed by atoms with Crippen LogP contribution >= 0.6 is 20.8 Å². The van der Waals surface area contributed by atoms with Crippen LogP contribution in [0.15, 0.2) is 115 Å². The van der Waals surface area contributed by atoms with Crippen molar-refractivity contribution < 1.29 is 9.47 Å². The third-order valence-electron chi connectivity index (χ3n) is 6.24. The summed E-state index contributed by atoms with van der Waals surface area (Å²) in [6.07, 6.45) is 0.622. The predicted octanol–water partition coefficient (Wildman–Crippen LogP) is 6.07. The van der Waals surface area contributed by atoms with Gasteiger partial charge in [0.25, 0.3) is 0 Å². The van der Waals surface area contributed by atoms with Gasteiger partial charge in [-0.3, -0.25) is 0 Å². The first-order valence-corrected chi connectivity index (χ1v) is 15.3. The summed E-state index contributed by atoms with van der Waals surface area (Å²) in [5, 5.41) is 0.984. The van der Waals surface area contributed by atoms with Crippen molar-refractivity contribution in [1.29, 1.82) is 0 Å². The van der Waals surface area contributed by atoms with Gasteiger partial charge in [0.05, 0.1) is 0 Å². The molecule has 1 aliphatic heterocycles. The van der Waals surface area contributed by atoms with E-state index >= 15 is 0 Å². The van der Waals surface area contributed by atoms with E-state index in [-0.39, 0.29) is 6.29 Å². The van der Waals surface area contributed by atoms with Gasteiger partial charge in [-0.25, -0.2) is 0 Å². The van der Waals surface area contributed by atoms with Crippen molar-refractivity contribution >= 4 is 36.7 Å². The maximum absolute atomic E-state index is 5.68. The molecule has 1 aliphatic rings. The molecule has 32 heavy (non-hydrogen) atoms. The molecule has 0 amide bonds. The molecule has 0 radical (unpaired) electrons. The van der Waals surface area contributed by atoms with Crippen LogP contribution in [0.5, 0.6) is 0 Å². The van der Waals surface area contributed by atoms with Gasteiger partial charge in [-0.2, -0.15) is 0 Å². The number of benzene rings is 4. The van der Waals surface area contributed by atoms with Crippen LogP contribution in [0.4, 0.5) is 0 Å². The average Bonchev–Trinajstić information content (AvgIpc) is 3.41. The van der Waals surface area contributed by atoms with Gasteiger partial charge in [0.2, 0.25) is 0 Å². The van der Waals surface area contributed by atoms with E-state index < -0.39 is 5.31 Å². The van der Waals surface area contributed by atoms with Crippen molar-refractivity contribution in [2.45, 2.75) is 12.5 Å². The van der Waals surface area contributed by atoms with E-state index in [2.05, 4.69) is 131 Å². The zero-order chi connectivity index (χ0) is 21.9. The molecule has 0 aliphatic carbocycles. The zero-order valence-electron chi connectivity index (χ0n) is 17.8. The Balaban J connectivity index is 1.69. The molecule has 1 fully saturated rings. The molecule has 1 saturated heterocycles. The van der Waals surface area contributed by atoms with E-state index in [9.17, 15) is 0 Å². The van der Waals surface area contributed by atoms with Crippen LogP contribution in [-0.2, 0) is 15.6 Å². The summed E-state index contributed by atoms with van der Waals surface area (Å²) >= 11 is 4.52. The molecule has 4 aromatic rings. The molecule has 0 N–H and O–H groups in total. The summed E-state index contributed by atoms with van der Waals surface area (Å²) in [5.41, 5.74) is 2.35. The predicted molar refractivity (Wildman–Crippen MR) is 139 cm³/mol. The molecule has 0 aromatic heterocycles. The Morgan fingerprint density at radius 2 is 1.00 bits per heavy atom. The summed E-state index contributed by atoms with van der Waals surface area (Å²) in [6.45, 7) is 1.31. The number of hydrogen-bond acceptors (Lipinski definition) is 2. The summed E-state index contributed by atoms with van der Waals surface area (Å²) < 4.78 is 11.4. The molecule has 4 aromatic carbocycles. The van der Waals surface area contributed by atoms with Gasteiger partial charge >= 0.3 is 198 Å².